The summed E-state index contributed by atoms with van der Waals surface area (Å²) in [4.78, 5) is 12.3. The van der Waals surface area contributed by atoms with Crippen molar-refractivity contribution in [1.82, 2.24) is 5.32 Å². The minimum atomic E-state index is 0.153. The molecule has 0 unspecified atom stereocenters. The number of halogens is 1. The molecule has 2 aromatic carbocycles. The van der Waals surface area contributed by atoms with Crippen molar-refractivity contribution in [3.63, 3.8) is 0 Å². The smallest absolute Gasteiger partial charge is 0.167 e. The van der Waals surface area contributed by atoms with Crippen LogP contribution in [0, 0.1) is 0 Å². The maximum absolute atomic E-state index is 12.3. The summed E-state index contributed by atoms with van der Waals surface area (Å²) in [5.41, 5.74) is 4.39. The van der Waals surface area contributed by atoms with Crippen LogP contribution in [0.5, 0.6) is 0 Å². The number of rotatable bonds is 3. The number of carbonyl (C=O) groups excluding carboxylic acids is 1. The van der Waals surface area contributed by atoms with E-state index in [1.54, 1.807) is 0 Å². The number of fused-ring (bicyclic) bond motifs is 1. The molecule has 1 aliphatic rings. The number of benzene rings is 2. The summed E-state index contributed by atoms with van der Waals surface area (Å²) < 4.78 is 0. The molecule has 1 heterocycles. The zero-order valence-corrected chi connectivity index (χ0v) is 11.9. The van der Waals surface area contributed by atoms with E-state index in [0.717, 1.165) is 30.6 Å². The van der Waals surface area contributed by atoms with Crippen molar-refractivity contribution in [2.45, 2.75) is 19.4 Å². The molecule has 2 nitrogen and oxygen atoms in total. The van der Waals surface area contributed by atoms with Gasteiger partial charge in [0.15, 0.2) is 5.78 Å². The topological polar surface area (TPSA) is 29.1 Å². The quantitative estimate of drug-likeness (QED) is 0.876. The summed E-state index contributed by atoms with van der Waals surface area (Å²) >= 11 is 5.85. The van der Waals surface area contributed by atoms with Crippen molar-refractivity contribution >= 4 is 17.4 Å². The molecule has 0 bridgehead atoms. The lowest BCUT2D eigenvalue weighted by Crippen LogP contribution is -2.23. The van der Waals surface area contributed by atoms with E-state index in [0.29, 0.717) is 11.4 Å². The number of Topliss-reactive ketones (excluding diaryl/α,β-unsaturated/α-hetero) is 1. The van der Waals surface area contributed by atoms with Crippen LogP contribution < -0.4 is 5.32 Å². The van der Waals surface area contributed by atoms with Gasteiger partial charge in [0, 0.05) is 23.6 Å². The first-order valence-corrected chi connectivity index (χ1v) is 7.20. The number of hydrogen-bond donors (Lipinski definition) is 1. The lowest BCUT2D eigenvalue weighted by atomic mass is 9.95. The molecule has 2 aromatic rings. The van der Waals surface area contributed by atoms with Gasteiger partial charge in [0.05, 0.1) is 0 Å². The molecule has 0 radical (unpaired) electrons. The third kappa shape index (κ3) is 2.92. The maximum atomic E-state index is 12.3. The summed E-state index contributed by atoms with van der Waals surface area (Å²) in [7, 11) is 0. The Bertz CT molecular complexity index is 634. The highest BCUT2D eigenvalue weighted by Gasteiger charge is 2.12. The van der Waals surface area contributed by atoms with Gasteiger partial charge in [-0.05, 0) is 47.9 Å². The van der Waals surface area contributed by atoms with Gasteiger partial charge in [-0.3, -0.25) is 4.79 Å². The van der Waals surface area contributed by atoms with E-state index in [4.69, 9.17) is 11.6 Å². The van der Waals surface area contributed by atoms with Gasteiger partial charge in [0.25, 0.3) is 0 Å². The molecule has 0 spiro atoms. The van der Waals surface area contributed by atoms with E-state index in [1.165, 1.54) is 11.1 Å². The van der Waals surface area contributed by atoms with Crippen molar-refractivity contribution in [3.05, 3.63) is 69.7 Å². The third-order valence-electron chi connectivity index (χ3n) is 3.69. The normalized spacial score (nSPS) is 13.8. The molecule has 20 heavy (non-hydrogen) atoms. The van der Waals surface area contributed by atoms with Gasteiger partial charge in [-0.15, -0.1) is 0 Å². The van der Waals surface area contributed by atoms with Crippen LogP contribution >= 0.6 is 11.6 Å². The van der Waals surface area contributed by atoms with Crippen LogP contribution in [-0.2, 0) is 19.4 Å². The predicted molar refractivity (Wildman–Crippen MR) is 81.3 cm³/mol. The molecule has 102 valence electrons. The summed E-state index contributed by atoms with van der Waals surface area (Å²) in [5, 5.41) is 4.03. The summed E-state index contributed by atoms with van der Waals surface area (Å²) in [6.07, 6.45) is 1.46. The van der Waals surface area contributed by atoms with Gasteiger partial charge in [-0.25, -0.2) is 0 Å². The highest BCUT2D eigenvalue weighted by atomic mass is 35.5. The highest BCUT2D eigenvalue weighted by Crippen LogP contribution is 2.18. The van der Waals surface area contributed by atoms with E-state index >= 15 is 0 Å². The molecule has 0 saturated heterocycles. The number of carbonyl (C=O) groups is 1. The second-order valence-corrected chi connectivity index (χ2v) is 5.57. The first-order chi connectivity index (χ1) is 9.72. The van der Waals surface area contributed by atoms with Crippen LogP contribution in [0.15, 0.2) is 42.5 Å². The van der Waals surface area contributed by atoms with Gasteiger partial charge < -0.3 is 5.32 Å². The molecule has 0 atom stereocenters. The van der Waals surface area contributed by atoms with Gasteiger partial charge in [0.2, 0.25) is 0 Å². The first-order valence-electron chi connectivity index (χ1n) is 6.82. The fourth-order valence-electron chi connectivity index (χ4n) is 2.54. The minimum absolute atomic E-state index is 0.153. The molecular weight excluding hydrogens is 270 g/mol. The van der Waals surface area contributed by atoms with E-state index < -0.39 is 0 Å². The average Bonchev–Trinajstić information content (AvgIpc) is 2.49. The fourth-order valence-corrected chi connectivity index (χ4v) is 2.67. The highest BCUT2D eigenvalue weighted by molar-refractivity contribution is 6.30. The minimum Gasteiger partial charge on any atom is -0.312 e. The Morgan fingerprint density at radius 3 is 2.70 bits per heavy atom. The Labute approximate surface area is 123 Å². The molecule has 1 aliphatic heterocycles. The molecule has 0 saturated carbocycles. The third-order valence-corrected chi connectivity index (χ3v) is 3.94. The van der Waals surface area contributed by atoms with E-state index in [2.05, 4.69) is 11.4 Å². The van der Waals surface area contributed by atoms with Gasteiger partial charge >= 0.3 is 0 Å². The average molecular weight is 286 g/mol. The Kier molecular flexibility index (Phi) is 3.86. The molecule has 0 aromatic heterocycles. The van der Waals surface area contributed by atoms with E-state index in [9.17, 15) is 4.79 Å². The number of hydrogen-bond acceptors (Lipinski definition) is 2. The molecular formula is C17H16ClNO. The van der Waals surface area contributed by atoms with Gasteiger partial charge in [-0.1, -0.05) is 35.9 Å². The zero-order valence-electron chi connectivity index (χ0n) is 11.2. The SMILES string of the molecule is O=C(Cc1ccc(Cl)cc1)c1ccc2c(c1)CNCC2. The molecule has 0 aliphatic carbocycles. The summed E-state index contributed by atoms with van der Waals surface area (Å²) in [6.45, 7) is 1.88. The van der Waals surface area contributed by atoms with Crippen LogP contribution in [0.4, 0.5) is 0 Å². The van der Waals surface area contributed by atoms with E-state index in [1.807, 2.05) is 36.4 Å². The Morgan fingerprint density at radius 2 is 1.90 bits per heavy atom. The molecule has 0 amide bonds. The van der Waals surface area contributed by atoms with Crippen LogP contribution in [0.2, 0.25) is 5.02 Å². The standard InChI is InChI=1S/C17H16ClNO/c18-16-5-1-12(2-6-16)9-17(20)14-4-3-13-7-8-19-11-15(13)10-14/h1-6,10,19H,7-9,11H2. The molecule has 3 rings (SSSR count). The second-order valence-electron chi connectivity index (χ2n) is 5.14. The first kappa shape index (κ1) is 13.3. The Morgan fingerprint density at radius 1 is 1.10 bits per heavy atom. The molecule has 3 heteroatoms. The lowest BCUT2D eigenvalue weighted by molar-refractivity contribution is 0.0993. The van der Waals surface area contributed by atoms with Gasteiger partial charge in [0.1, 0.15) is 0 Å². The summed E-state index contributed by atoms with van der Waals surface area (Å²) in [5.74, 6) is 0.153. The van der Waals surface area contributed by atoms with Crippen molar-refractivity contribution in [2.24, 2.45) is 0 Å². The summed E-state index contributed by atoms with van der Waals surface area (Å²) in [6, 6.07) is 13.5. The van der Waals surface area contributed by atoms with Gasteiger partial charge in [-0.2, -0.15) is 0 Å². The molecule has 1 N–H and O–H groups in total. The van der Waals surface area contributed by atoms with Crippen LogP contribution in [-0.4, -0.2) is 12.3 Å². The molecule has 0 fully saturated rings. The lowest BCUT2D eigenvalue weighted by Gasteiger charge is -2.17. The van der Waals surface area contributed by atoms with Crippen LogP contribution in [0.3, 0.4) is 0 Å². The van der Waals surface area contributed by atoms with Crippen molar-refractivity contribution in [3.8, 4) is 0 Å². The van der Waals surface area contributed by atoms with Crippen LogP contribution in [0.25, 0.3) is 0 Å². The maximum Gasteiger partial charge on any atom is 0.167 e. The van der Waals surface area contributed by atoms with Crippen molar-refractivity contribution < 1.29 is 4.79 Å². The zero-order chi connectivity index (χ0) is 13.9. The largest absolute Gasteiger partial charge is 0.312 e. The Balaban J connectivity index is 1.78. The number of ketones is 1. The van der Waals surface area contributed by atoms with Crippen LogP contribution in [0.1, 0.15) is 27.0 Å². The Hall–Kier alpha value is -1.64. The van der Waals surface area contributed by atoms with E-state index in [-0.39, 0.29) is 5.78 Å². The van der Waals surface area contributed by atoms with Crippen molar-refractivity contribution in [1.29, 1.82) is 0 Å². The monoisotopic (exact) mass is 285 g/mol. The van der Waals surface area contributed by atoms with Crippen molar-refractivity contribution in [2.75, 3.05) is 6.54 Å². The predicted octanol–water partition coefficient (Wildman–Crippen LogP) is 3.41. The second kappa shape index (κ2) is 5.78. The number of nitrogens with one attached hydrogen (secondary N) is 1. The fraction of sp³-hybridized carbons (Fsp3) is 0.235.